The molecule has 0 saturated heterocycles. The molecule has 4 heteroatoms. The van der Waals surface area contributed by atoms with Gasteiger partial charge in [-0.05, 0) is 32.1 Å². The third kappa shape index (κ3) is 2.47. The molecule has 1 aliphatic carbocycles. The van der Waals surface area contributed by atoms with Crippen LogP contribution in [0.15, 0.2) is 6.33 Å². The van der Waals surface area contributed by atoms with Crippen LogP contribution in [0.2, 0.25) is 0 Å². The fourth-order valence-electron chi connectivity index (χ4n) is 3.03. The molecule has 100 valence electrons. The molecule has 0 bridgehead atoms. The van der Waals surface area contributed by atoms with Crippen LogP contribution in [0.25, 0.3) is 0 Å². The number of hydrogen-bond acceptors (Lipinski definition) is 3. The van der Waals surface area contributed by atoms with Crippen molar-refractivity contribution >= 4 is 5.78 Å². The van der Waals surface area contributed by atoms with Crippen LogP contribution >= 0.6 is 0 Å². The predicted molar refractivity (Wildman–Crippen MR) is 70.2 cm³/mol. The van der Waals surface area contributed by atoms with Gasteiger partial charge >= 0.3 is 0 Å². The first-order valence-corrected chi connectivity index (χ1v) is 6.83. The summed E-state index contributed by atoms with van der Waals surface area (Å²) in [6.07, 6.45) is 5.32. The second-order valence-corrected chi connectivity index (χ2v) is 6.29. The minimum absolute atomic E-state index is 0.153. The van der Waals surface area contributed by atoms with E-state index in [1.807, 2.05) is 4.68 Å². The van der Waals surface area contributed by atoms with Crippen molar-refractivity contribution in [3.63, 3.8) is 0 Å². The molecule has 1 saturated carbocycles. The Morgan fingerprint density at radius 3 is 2.83 bits per heavy atom. The van der Waals surface area contributed by atoms with Crippen molar-refractivity contribution < 1.29 is 4.79 Å². The van der Waals surface area contributed by atoms with Crippen LogP contribution in [0.1, 0.15) is 58.8 Å². The van der Waals surface area contributed by atoms with Gasteiger partial charge in [-0.15, -0.1) is 0 Å². The molecule has 0 N–H and O–H groups in total. The van der Waals surface area contributed by atoms with E-state index in [-0.39, 0.29) is 17.4 Å². The highest BCUT2D eigenvalue weighted by molar-refractivity contribution is 5.83. The topological polar surface area (TPSA) is 47.8 Å². The third-order valence-electron chi connectivity index (χ3n) is 4.11. The first-order valence-electron chi connectivity index (χ1n) is 6.83. The molecular formula is C14H23N3O. The van der Waals surface area contributed by atoms with Gasteiger partial charge in [0.05, 0.1) is 6.42 Å². The zero-order chi connectivity index (χ0) is 13.3. The van der Waals surface area contributed by atoms with Crippen LogP contribution < -0.4 is 0 Å². The maximum Gasteiger partial charge on any atom is 0.144 e. The Balaban J connectivity index is 2.10. The first kappa shape index (κ1) is 13.2. The Kier molecular flexibility index (Phi) is 3.55. The van der Waals surface area contributed by atoms with Crippen LogP contribution in [-0.4, -0.2) is 20.5 Å². The summed E-state index contributed by atoms with van der Waals surface area (Å²) in [4.78, 5) is 16.6. The number of Topliss-reactive ketones (excluding diaryl/α,β-unsaturated/α-hetero) is 1. The highest BCUT2D eigenvalue weighted by Crippen LogP contribution is 2.43. The number of hydrogen-bond donors (Lipinski definition) is 0. The van der Waals surface area contributed by atoms with Crippen molar-refractivity contribution in [2.75, 3.05) is 0 Å². The van der Waals surface area contributed by atoms with Gasteiger partial charge in [-0.2, -0.15) is 5.10 Å². The summed E-state index contributed by atoms with van der Waals surface area (Å²) in [6, 6.07) is 0.256. The number of nitrogens with zero attached hydrogens (tertiary/aromatic N) is 3. The molecule has 1 aliphatic rings. The number of aromatic nitrogens is 3. The summed E-state index contributed by atoms with van der Waals surface area (Å²) in [5.41, 5.74) is 0.153. The monoisotopic (exact) mass is 249 g/mol. The molecule has 0 aliphatic heterocycles. The maximum absolute atomic E-state index is 12.4. The lowest BCUT2D eigenvalue weighted by molar-refractivity contribution is -0.124. The summed E-state index contributed by atoms with van der Waals surface area (Å²) < 4.78 is 1.85. The molecule has 4 nitrogen and oxygen atoms in total. The lowest BCUT2D eigenvalue weighted by atomic mass is 9.78. The summed E-state index contributed by atoms with van der Waals surface area (Å²) in [5.74, 6) is 1.32. The van der Waals surface area contributed by atoms with Crippen molar-refractivity contribution in [3.8, 4) is 0 Å². The summed E-state index contributed by atoms with van der Waals surface area (Å²) in [7, 11) is 0. The van der Waals surface area contributed by atoms with Crippen LogP contribution in [0, 0.1) is 11.3 Å². The second-order valence-electron chi connectivity index (χ2n) is 6.29. The Morgan fingerprint density at radius 1 is 1.56 bits per heavy atom. The van der Waals surface area contributed by atoms with Gasteiger partial charge in [0.2, 0.25) is 0 Å². The SMILES string of the molecule is CC(C)n1ncnc1CC(=O)C1CCCC1(C)C. The lowest BCUT2D eigenvalue weighted by Gasteiger charge is -2.25. The van der Waals surface area contributed by atoms with Gasteiger partial charge in [0, 0.05) is 12.0 Å². The Bertz CT molecular complexity index is 434. The van der Waals surface area contributed by atoms with Gasteiger partial charge in [-0.25, -0.2) is 9.67 Å². The van der Waals surface area contributed by atoms with Crippen LogP contribution in [0.3, 0.4) is 0 Å². The van der Waals surface area contributed by atoms with E-state index in [9.17, 15) is 4.79 Å². The standard InChI is InChI=1S/C14H23N3O/c1-10(2)17-13(15-9-16-17)8-12(18)11-6-5-7-14(11,3)4/h9-11H,5-8H2,1-4H3. The smallest absolute Gasteiger partial charge is 0.144 e. The Morgan fingerprint density at radius 2 is 2.28 bits per heavy atom. The van der Waals surface area contributed by atoms with E-state index in [1.54, 1.807) is 6.33 Å². The van der Waals surface area contributed by atoms with Crippen LogP contribution in [0.5, 0.6) is 0 Å². The third-order valence-corrected chi connectivity index (χ3v) is 4.11. The molecule has 2 rings (SSSR count). The minimum Gasteiger partial charge on any atom is -0.299 e. The second kappa shape index (κ2) is 4.82. The van der Waals surface area contributed by atoms with Gasteiger partial charge in [-0.1, -0.05) is 20.3 Å². The molecule has 0 spiro atoms. The molecule has 1 fully saturated rings. The zero-order valence-corrected chi connectivity index (χ0v) is 11.8. The molecule has 0 amide bonds. The van der Waals surface area contributed by atoms with Gasteiger partial charge in [0.25, 0.3) is 0 Å². The van der Waals surface area contributed by atoms with E-state index < -0.39 is 0 Å². The van der Waals surface area contributed by atoms with Crippen molar-refractivity contribution in [2.24, 2.45) is 11.3 Å². The number of carbonyl (C=O) groups is 1. The molecule has 1 unspecified atom stereocenters. The maximum atomic E-state index is 12.4. The number of ketones is 1. The average Bonchev–Trinajstić information content (AvgIpc) is 2.83. The van der Waals surface area contributed by atoms with E-state index >= 15 is 0 Å². The highest BCUT2D eigenvalue weighted by Gasteiger charge is 2.39. The molecule has 18 heavy (non-hydrogen) atoms. The van der Waals surface area contributed by atoms with E-state index in [2.05, 4.69) is 37.8 Å². The fourth-order valence-corrected chi connectivity index (χ4v) is 3.03. The fraction of sp³-hybridized carbons (Fsp3) is 0.786. The zero-order valence-electron chi connectivity index (χ0n) is 11.8. The molecule has 1 aromatic rings. The normalized spacial score (nSPS) is 22.6. The van der Waals surface area contributed by atoms with Crippen LogP contribution in [0.4, 0.5) is 0 Å². The van der Waals surface area contributed by atoms with E-state index in [0.717, 1.165) is 18.7 Å². The lowest BCUT2D eigenvalue weighted by Crippen LogP contribution is -2.28. The molecule has 0 radical (unpaired) electrons. The Hall–Kier alpha value is -1.19. The summed E-state index contributed by atoms with van der Waals surface area (Å²) >= 11 is 0. The average molecular weight is 249 g/mol. The minimum atomic E-state index is 0.153. The van der Waals surface area contributed by atoms with E-state index in [1.165, 1.54) is 6.42 Å². The molecule has 1 aromatic heterocycles. The molecule has 1 atom stereocenters. The summed E-state index contributed by atoms with van der Waals surface area (Å²) in [6.45, 7) is 8.52. The molecule has 0 aromatic carbocycles. The number of carbonyl (C=O) groups excluding carboxylic acids is 1. The molecule has 1 heterocycles. The van der Waals surface area contributed by atoms with Crippen LogP contribution in [-0.2, 0) is 11.2 Å². The number of rotatable bonds is 4. The van der Waals surface area contributed by atoms with Crippen molar-refractivity contribution in [1.29, 1.82) is 0 Å². The van der Waals surface area contributed by atoms with Gasteiger partial charge in [0.15, 0.2) is 0 Å². The predicted octanol–water partition coefficient (Wildman–Crippen LogP) is 2.80. The van der Waals surface area contributed by atoms with Gasteiger partial charge in [0.1, 0.15) is 17.9 Å². The quantitative estimate of drug-likeness (QED) is 0.824. The van der Waals surface area contributed by atoms with Crippen molar-refractivity contribution in [1.82, 2.24) is 14.8 Å². The first-order chi connectivity index (χ1) is 8.42. The van der Waals surface area contributed by atoms with Crippen molar-refractivity contribution in [3.05, 3.63) is 12.2 Å². The van der Waals surface area contributed by atoms with E-state index in [0.29, 0.717) is 12.2 Å². The van der Waals surface area contributed by atoms with Crippen molar-refractivity contribution in [2.45, 2.75) is 59.4 Å². The largest absolute Gasteiger partial charge is 0.299 e. The van der Waals surface area contributed by atoms with Gasteiger partial charge in [-0.3, -0.25) is 4.79 Å². The van der Waals surface area contributed by atoms with Gasteiger partial charge < -0.3 is 0 Å². The highest BCUT2D eigenvalue weighted by atomic mass is 16.1. The molecular weight excluding hydrogens is 226 g/mol. The van der Waals surface area contributed by atoms with E-state index in [4.69, 9.17) is 0 Å². The Labute approximate surface area is 109 Å². The summed E-state index contributed by atoms with van der Waals surface area (Å²) in [5, 5.41) is 4.19.